The quantitative estimate of drug-likeness (QED) is 0.0291. The fraction of sp³-hybridized carbons (Fsp3) is 0.550. The van der Waals surface area contributed by atoms with Gasteiger partial charge in [0.2, 0.25) is 35.4 Å². The van der Waals surface area contributed by atoms with Gasteiger partial charge in [0.05, 0.1) is 32.8 Å². The third kappa shape index (κ3) is 21.5. The molecule has 0 aromatic heterocycles. The van der Waals surface area contributed by atoms with Crippen LogP contribution >= 0.6 is 0 Å². The summed E-state index contributed by atoms with van der Waals surface area (Å²) < 4.78 is 25.3. The maximum atomic E-state index is 13.3. The number of amides is 9. The maximum absolute atomic E-state index is 13.3. The molecule has 0 spiro atoms. The Morgan fingerprint density at radius 2 is 1.23 bits per heavy atom. The summed E-state index contributed by atoms with van der Waals surface area (Å²) in [7, 11) is 2.97. The molecule has 1 heterocycles. The fourth-order valence-electron chi connectivity index (χ4n) is 5.37. The normalized spacial score (nSPS) is 13.8. The zero-order valence-corrected chi connectivity index (χ0v) is 36.2. The Morgan fingerprint density at radius 1 is 0.656 bits per heavy atom. The molecule has 0 aliphatic carbocycles. The first kappa shape index (κ1) is 53.6. The highest BCUT2D eigenvalue weighted by Gasteiger charge is 2.29. The highest BCUT2D eigenvalue weighted by Crippen LogP contribution is 2.12. The number of anilines is 1. The highest BCUT2D eigenvalue weighted by molar-refractivity contribution is 6.12. The molecule has 0 saturated heterocycles. The van der Waals surface area contributed by atoms with Crippen molar-refractivity contribution in [3.63, 3.8) is 0 Å². The number of carboxylic acids is 1. The number of nitrogens with one attached hydrogen (secondary N) is 7. The predicted molar refractivity (Wildman–Crippen MR) is 223 cm³/mol. The highest BCUT2D eigenvalue weighted by atomic mass is 16.5. The number of methoxy groups -OCH3 is 2. The average molecular weight is 907 g/mol. The van der Waals surface area contributed by atoms with Crippen LogP contribution in [0.25, 0.3) is 0 Å². The van der Waals surface area contributed by atoms with Gasteiger partial charge in [-0.15, -0.1) is 0 Å². The van der Waals surface area contributed by atoms with Crippen molar-refractivity contribution < 1.29 is 76.7 Å². The smallest absolute Gasteiger partial charge is 0.407 e. The number of benzene rings is 1. The summed E-state index contributed by atoms with van der Waals surface area (Å²) in [6, 6.07) is 0.691. The van der Waals surface area contributed by atoms with Crippen molar-refractivity contribution in [2.24, 2.45) is 0 Å². The van der Waals surface area contributed by atoms with Crippen LogP contribution in [0.2, 0.25) is 0 Å². The first-order valence-electron chi connectivity index (χ1n) is 20.2. The number of ether oxygens (including phenoxy) is 5. The fourth-order valence-corrected chi connectivity index (χ4v) is 5.37. The number of carbonyl (C=O) groups is 10. The number of imide groups is 1. The Hall–Kier alpha value is -6.50. The number of rotatable bonds is 31. The van der Waals surface area contributed by atoms with Gasteiger partial charge < -0.3 is 66.0 Å². The molecule has 1 aliphatic rings. The Bertz CT molecular complexity index is 1780. The zero-order valence-electron chi connectivity index (χ0n) is 36.2. The Balaban J connectivity index is 1.89. The van der Waals surface area contributed by atoms with Crippen molar-refractivity contribution in [2.45, 2.75) is 70.3 Å². The summed E-state index contributed by atoms with van der Waals surface area (Å²) in [4.78, 5) is 125. The van der Waals surface area contributed by atoms with E-state index in [9.17, 15) is 53.1 Å². The zero-order chi connectivity index (χ0) is 47.4. The van der Waals surface area contributed by atoms with E-state index in [0.717, 1.165) is 17.1 Å². The lowest BCUT2D eigenvalue weighted by Gasteiger charge is -2.23. The molecular weight excluding hydrogens is 848 g/mol. The second kappa shape index (κ2) is 29.7. The second-order valence-electron chi connectivity index (χ2n) is 14.0. The number of hydrogen-bond acceptors (Lipinski definition) is 15. The van der Waals surface area contributed by atoms with Gasteiger partial charge in [-0.2, -0.15) is 0 Å². The van der Waals surface area contributed by atoms with E-state index in [4.69, 9.17) is 23.7 Å². The molecule has 1 aliphatic heterocycles. The predicted octanol–water partition coefficient (Wildman–Crippen LogP) is -2.16. The molecule has 24 heteroatoms. The van der Waals surface area contributed by atoms with E-state index in [0.29, 0.717) is 25.0 Å². The van der Waals surface area contributed by atoms with Gasteiger partial charge in [-0.3, -0.25) is 48.1 Å². The van der Waals surface area contributed by atoms with Crippen LogP contribution in [0.4, 0.5) is 10.5 Å². The molecule has 0 radical (unpaired) electrons. The van der Waals surface area contributed by atoms with E-state index < -0.39 is 84.0 Å². The molecule has 354 valence electrons. The van der Waals surface area contributed by atoms with Crippen LogP contribution in [0.5, 0.6) is 0 Å². The SMILES string of the molecule is COCCOCC(=O)NCCCCC(NC(=O)COCCOC)C(=O)NC(C)C(=O)NC(C)C(=O)NC(CC(=O)O)C(=O)Nc1ccc(COC(=O)NCCN2C(=O)C=CC2=O)cc1. The van der Waals surface area contributed by atoms with Crippen LogP contribution < -0.4 is 37.2 Å². The molecule has 64 heavy (non-hydrogen) atoms. The molecule has 1 aromatic carbocycles. The van der Waals surface area contributed by atoms with Gasteiger partial charge in [0.1, 0.15) is 44.0 Å². The minimum atomic E-state index is -1.58. The molecule has 24 nitrogen and oxygen atoms in total. The van der Waals surface area contributed by atoms with Crippen LogP contribution in [0.3, 0.4) is 0 Å². The lowest BCUT2D eigenvalue weighted by molar-refractivity contribution is -0.140. The molecule has 0 saturated carbocycles. The summed E-state index contributed by atoms with van der Waals surface area (Å²) in [6.07, 6.45) is 1.58. The first-order valence-corrected chi connectivity index (χ1v) is 20.2. The number of alkyl carbamates (subject to hydrolysis) is 1. The van der Waals surface area contributed by atoms with E-state index in [1.54, 1.807) is 0 Å². The minimum absolute atomic E-state index is 0.0319. The summed E-state index contributed by atoms with van der Waals surface area (Å²) in [5.74, 6) is -6.66. The molecule has 9 amide bonds. The minimum Gasteiger partial charge on any atom is -0.481 e. The van der Waals surface area contributed by atoms with Gasteiger partial charge in [-0.05, 0) is 50.8 Å². The molecule has 0 fully saturated rings. The Labute approximate surface area is 369 Å². The van der Waals surface area contributed by atoms with Crippen molar-refractivity contribution in [2.75, 3.05) is 78.8 Å². The van der Waals surface area contributed by atoms with E-state index in [-0.39, 0.29) is 77.3 Å². The average Bonchev–Trinajstić information content (AvgIpc) is 3.57. The number of unbranched alkanes of at least 4 members (excludes halogenated alkanes) is 1. The molecule has 1 aromatic rings. The number of nitrogens with zero attached hydrogens (tertiary/aromatic N) is 1. The molecule has 2 rings (SSSR count). The maximum Gasteiger partial charge on any atom is 0.407 e. The Morgan fingerprint density at radius 3 is 1.83 bits per heavy atom. The monoisotopic (exact) mass is 906 g/mol. The van der Waals surface area contributed by atoms with E-state index in [2.05, 4.69) is 37.2 Å². The molecule has 0 bridgehead atoms. The third-order valence-corrected chi connectivity index (χ3v) is 8.84. The lowest BCUT2D eigenvalue weighted by Crippen LogP contribution is -2.56. The van der Waals surface area contributed by atoms with Crippen molar-refractivity contribution in [1.82, 2.24) is 36.8 Å². The summed E-state index contributed by atoms with van der Waals surface area (Å²) in [5, 5.41) is 26.8. The van der Waals surface area contributed by atoms with Gasteiger partial charge in [-0.25, -0.2) is 4.79 Å². The van der Waals surface area contributed by atoms with E-state index in [1.165, 1.54) is 52.3 Å². The summed E-state index contributed by atoms with van der Waals surface area (Å²) >= 11 is 0. The molecule has 4 atom stereocenters. The standard InChI is InChI=1S/C40H58N8O16/c1-25(44-38(57)29(46-32(50)24-63-20-18-61-4)7-5-6-14-41-31(49)23-62-19-17-60-3)36(55)43-26(2)37(56)47-30(21-35(53)54)39(58)45-28-10-8-27(9-11-28)22-64-40(59)42-15-16-48-33(51)12-13-34(48)52/h8-13,25-26,29-30H,5-7,14-24H2,1-4H3,(H,41,49)(H,42,59)(H,43,55)(H,44,57)(H,45,58)(H,46,50)(H,47,56)(H,53,54). The second-order valence-corrected chi connectivity index (χ2v) is 14.0. The van der Waals surface area contributed by atoms with Crippen LogP contribution in [-0.4, -0.2) is 167 Å². The van der Waals surface area contributed by atoms with E-state index >= 15 is 0 Å². The van der Waals surface area contributed by atoms with Crippen molar-refractivity contribution in [3.8, 4) is 0 Å². The van der Waals surface area contributed by atoms with Crippen molar-refractivity contribution in [3.05, 3.63) is 42.0 Å². The third-order valence-electron chi connectivity index (χ3n) is 8.84. The molecule has 4 unspecified atom stereocenters. The van der Waals surface area contributed by atoms with Gasteiger partial charge in [-0.1, -0.05) is 12.1 Å². The lowest BCUT2D eigenvalue weighted by atomic mass is 10.1. The van der Waals surface area contributed by atoms with Crippen LogP contribution in [0.15, 0.2) is 36.4 Å². The van der Waals surface area contributed by atoms with Gasteiger partial charge in [0.25, 0.3) is 11.8 Å². The van der Waals surface area contributed by atoms with Crippen LogP contribution in [-0.2, 0) is 73.4 Å². The summed E-state index contributed by atoms with van der Waals surface area (Å²) in [5.41, 5.74) is 0.719. The van der Waals surface area contributed by atoms with Crippen molar-refractivity contribution >= 4 is 65.0 Å². The van der Waals surface area contributed by atoms with Gasteiger partial charge in [0, 0.05) is 51.7 Å². The summed E-state index contributed by atoms with van der Waals surface area (Å²) in [6.45, 7) is 3.10. The van der Waals surface area contributed by atoms with Gasteiger partial charge >= 0.3 is 12.1 Å². The first-order chi connectivity index (χ1) is 30.5. The Kier molecular flexibility index (Phi) is 24.9. The van der Waals surface area contributed by atoms with Gasteiger partial charge in [0.15, 0.2) is 0 Å². The number of aliphatic carboxylic acids is 1. The number of carboxylic acid groups (broad SMARTS) is 1. The van der Waals surface area contributed by atoms with Crippen molar-refractivity contribution in [1.29, 1.82) is 0 Å². The number of carbonyl (C=O) groups excluding carboxylic acids is 9. The molecular formula is C40H58N8O16. The topological polar surface area (TPSA) is 325 Å². The largest absolute Gasteiger partial charge is 0.481 e. The van der Waals surface area contributed by atoms with Crippen LogP contribution in [0.1, 0.15) is 45.1 Å². The number of hydrogen-bond donors (Lipinski definition) is 8. The van der Waals surface area contributed by atoms with Crippen LogP contribution in [0, 0.1) is 0 Å². The molecule has 8 N–H and O–H groups in total. The van der Waals surface area contributed by atoms with E-state index in [1.807, 2.05) is 0 Å².